The van der Waals surface area contributed by atoms with Gasteiger partial charge < -0.3 is 5.32 Å². The second-order valence-corrected chi connectivity index (χ2v) is 9.80. The van der Waals surface area contributed by atoms with Gasteiger partial charge in [0.05, 0.1) is 27.9 Å². The predicted octanol–water partition coefficient (Wildman–Crippen LogP) is 4.54. The average Bonchev–Trinajstić information content (AvgIpc) is 2.76. The molecule has 0 aliphatic heterocycles. The van der Waals surface area contributed by atoms with Crippen LogP contribution in [0, 0.1) is 31.1 Å². The first-order valence-corrected chi connectivity index (χ1v) is 11.5. The number of aryl methyl sites for hydroxylation is 1. The SMILES string of the molecule is Cc1cccc(-n2c(S[C@H](C)C(=O)N[C@@](C)(C#N)C(C)C)nc3ccccc3c2=O)c1C. The molecule has 0 bridgehead atoms. The molecule has 166 valence electrons. The second-order valence-electron chi connectivity index (χ2n) is 8.49. The van der Waals surface area contributed by atoms with Crippen LogP contribution in [-0.4, -0.2) is 26.2 Å². The first-order chi connectivity index (χ1) is 15.1. The molecule has 1 amide bonds. The molecule has 32 heavy (non-hydrogen) atoms. The monoisotopic (exact) mass is 448 g/mol. The van der Waals surface area contributed by atoms with Gasteiger partial charge in [-0.15, -0.1) is 0 Å². The molecule has 1 N–H and O–H groups in total. The minimum Gasteiger partial charge on any atom is -0.337 e. The first-order valence-electron chi connectivity index (χ1n) is 10.6. The topological polar surface area (TPSA) is 87.8 Å². The molecule has 6 nitrogen and oxygen atoms in total. The molecule has 0 aliphatic rings. The Balaban J connectivity index is 2.10. The smallest absolute Gasteiger partial charge is 0.266 e. The van der Waals surface area contributed by atoms with E-state index in [0.29, 0.717) is 16.1 Å². The van der Waals surface area contributed by atoms with Crippen molar-refractivity contribution in [2.45, 2.75) is 57.5 Å². The average molecular weight is 449 g/mol. The Morgan fingerprint density at radius 2 is 1.84 bits per heavy atom. The number of amides is 1. The molecule has 3 rings (SSSR count). The van der Waals surface area contributed by atoms with E-state index in [-0.39, 0.29) is 17.4 Å². The highest BCUT2D eigenvalue weighted by Crippen LogP contribution is 2.28. The van der Waals surface area contributed by atoms with E-state index >= 15 is 0 Å². The lowest BCUT2D eigenvalue weighted by atomic mass is 9.90. The summed E-state index contributed by atoms with van der Waals surface area (Å²) in [5, 5.41) is 12.8. The van der Waals surface area contributed by atoms with Crippen molar-refractivity contribution in [3.8, 4) is 11.8 Å². The van der Waals surface area contributed by atoms with Crippen molar-refractivity contribution in [3.05, 3.63) is 63.9 Å². The van der Waals surface area contributed by atoms with Crippen molar-refractivity contribution >= 4 is 28.6 Å². The van der Waals surface area contributed by atoms with Gasteiger partial charge in [-0.2, -0.15) is 5.26 Å². The predicted molar refractivity (Wildman–Crippen MR) is 129 cm³/mol. The molecular weight excluding hydrogens is 420 g/mol. The fraction of sp³-hybridized carbons (Fsp3) is 0.360. The van der Waals surface area contributed by atoms with Gasteiger partial charge in [0.25, 0.3) is 5.56 Å². The molecule has 0 saturated carbocycles. The lowest BCUT2D eigenvalue weighted by molar-refractivity contribution is -0.121. The number of thioether (sulfide) groups is 1. The van der Waals surface area contributed by atoms with Crippen LogP contribution in [0.25, 0.3) is 16.6 Å². The van der Waals surface area contributed by atoms with E-state index in [9.17, 15) is 14.9 Å². The van der Waals surface area contributed by atoms with Gasteiger partial charge in [-0.1, -0.05) is 49.9 Å². The number of para-hydroxylation sites is 1. The van der Waals surface area contributed by atoms with Crippen molar-refractivity contribution in [3.63, 3.8) is 0 Å². The molecule has 7 heteroatoms. The number of carbonyl (C=O) groups is 1. The Labute approximate surface area is 192 Å². The number of hydrogen-bond donors (Lipinski definition) is 1. The number of nitrogens with one attached hydrogen (secondary N) is 1. The third-order valence-corrected chi connectivity index (χ3v) is 7.04. The van der Waals surface area contributed by atoms with E-state index in [1.165, 1.54) is 11.8 Å². The molecule has 0 aliphatic carbocycles. The van der Waals surface area contributed by atoms with E-state index in [1.807, 2.05) is 58.0 Å². The van der Waals surface area contributed by atoms with E-state index in [2.05, 4.69) is 11.4 Å². The minimum absolute atomic E-state index is 0.0550. The Bertz CT molecular complexity index is 1280. The van der Waals surface area contributed by atoms with Gasteiger partial charge in [0.2, 0.25) is 5.91 Å². The summed E-state index contributed by atoms with van der Waals surface area (Å²) in [5.74, 6) is -0.330. The molecule has 0 saturated heterocycles. The fourth-order valence-electron chi connectivity index (χ4n) is 3.25. The maximum Gasteiger partial charge on any atom is 0.266 e. The zero-order valence-electron chi connectivity index (χ0n) is 19.3. The molecule has 0 fully saturated rings. The van der Waals surface area contributed by atoms with E-state index in [1.54, 1.807) is 30.5 Å². The minimum atomic E-state index is -0.977. The largest absolute Gasteiger partial charge is 0.337 e. The molecule has 3 aromatic rings. The quantitative estimate of drug-likeness (QED) is 0.442. The van der Waals surface area contributed by atoms with Gasteiger partial charge in [-0.05, 0) is 62.9 Å². The molecule has 2 aromatic carbocycles. The number of rotatable bonds is 6. The Hall–Kier alpha value is -3.11. The zero-order valence-corrected chi connectivity index (χ0v) is 20.1. The Morgan fingerprint density at radius 3 is 2.50 bits per heavy atom. The summed E-state index contributed by atoms with van der Waals surface area (Å²) in [5.41, 5.74) is 2.21. The van der Waals surface area contributed by atoms with Crippen molar-refractivity contribution < 1.29 is 4.79 Å². The van der Waals surface area contributed by atoms with Crippen LogP contribution in [0.1, 0.15) is 38.8 Å². The number of fused-ring (bicyclic) bond motifs is 1. The maximum atomic E-state index is 13.5. The van der Waals surface area contributed by atoms with Crippen molar-refractivity contribution in [1.82, 2.24) is 14.9 Å². The highest BCUT2D eigenvalue weighted by molar-refractivity contribution is 8.00. The van der Waals surface area contributed by atoms with E-state index in [4.69, 9.17) is 4.98 Å². The maximum absolute atomic E-state index is 13.5. The summed E-state index contributed by atoms with van der Waals surface area (Å²) in [6.07, 6.45) is 0. The zero-order chi connectivity index (χ0) is 23.6. The van der Waals surface area contributed by atoms with Crippen molar-refractivity contribution in [1.29, 1.82) is 5.26 Å². The van der Waals surface area contributed by atoms with Gasteiger partial charge in [0, 0.05) is 0 Å². The summed E-state index contributed by atoms with van der Waals surface area (Å²) in [4.78, 5) is 31.2. The Morgan fingerprint density at radius 1 is 1.16 bits per heavy atom. The molecule has 2 atom stereocenters. The first kappa shape index (κ1) is 23.6. The second kappa shape index (κ2) is 9.17. The van der Waals surface area contributed by atoms with Crippen LogP contribution in [0.15, 0.2) is 52.4 Å². The van der Waals surface area contributed by atoms with Crippen LogP contribution >= 0.6 is 11.8 Å². The third-order valence-electron chi connectivity index (χ3n) is 5.98. The highest BCUT2D eigenvalue weighted by atomic mass is 32.2. The molecule has 1 aromatic heterocycles. The summed E-state index contributed by atoms with van der Waals surface area (Å²) >= 11 is 1.21. The van der Waals surface area contributed by atoms with Gasteiger partial charge in [-0.3, -0.25) is 14.2 Å². The van der Waals surface area contributed by atoms with E-state index in [0.717, 1.165) is 16.8 Å². The van der Waals surface area contributed by atoms with Crippen LogP contribution in [0.4, 0.5) is 0 Å². The van der Waals surface area contributed by atoms with Gasteiger partial charge >= 0.3 is 0 Å². The number of carbonyl (C=O) groups excluding carboxylic acids is 1. The van der Waals surface area contributed by atoms with E-state index < -0.39 is 10.8 Å². The summed E-state index contributed by atoms with van der Waals surface area (Å²) in [7, 11) is 0. The number of aromatic nitrogens is 2. The fourth-order valence-corrected chi connectivity index (χ4v) is 4.17. The molecule has 1 heterocycles. The standard InChI is InChI=1S/C25H28N4O2S/c1-15(2)25(6,14-26)28-22(30)18(5)32-24-27-20-12-8-7-11-19(20)23(31)29(24)21-13-9-10-16(3)17(21)4/h7-13,15,18H,1-6H3,(H,28,30)/t18-,25+/m1/s1. The van der Waals surface area contributed by atoms with Crippen LogP contribution in [0.5, 0.6) is 0 Å². The van der Waals surface area contributed by atoms with Crippen LogP contribution in [-0.2, 0) is 4.79 Å². The van der Waals surface area contributed by atoms with Crippen LogP contribution < -0.4 is 10.9 Å². The van der Waals surface area contributed by atoms with Gasteiger partial charge in [-0.25, -0.2) is 4.98 Å². The normalized spacial score (nSPS) is 14.1. The van der Waals surface area contributed by atoms with Gasteiger partial charge in [0.15, 0.2) is 5.16 Å². The number of benzene rings is 2. The number of nitriles is 1. The molecule has 0 spiro atoms. The van der Waals surface area contributed by atoms with Crippen molar-refractivity contribution in [2.24, 2.45) is 5.92 Å². The summed E-state index contributed by atoms with van der Waals surface area (Å²) < 4.78 is 1.59. The summed E-state index contributed by atoms with van der Waals surface area (Å²) in [6, 6.07) is 15.2. The summed E-state index contributed by atoms with van der Waals surface area (Å²) in [6.45, 7) is 11.2. The molecule has 0 radical (unpaired) electrons. The highest BCUT2D eigenvalue weighted by Gasteiger charge is 2.32. The number of hydrogen-bond acceptors (Lipinski definition) is 5. The van der Waals surface area contributed by atoms with Crippen molar-refractivity contribution in [2.75, 3.05) is 0 Å². The Kier molecular flexibility index (Phi) is 6.75. The molecular formula is C25H28N4O2S. The third kappa shape index (κ3) is 4.42. The molecule has 0 unspecified atom stereocenters. The number of nitrogens with zero attached hydrogens (tertiary/aromatic N) is 3. The van der Waals surface area contributed by atoms with Gasteiger partial charge in [0.1, 0.15) is 5.54 Å². The van der Waals surface area contributed by atoms with Crippen LogP contribution in [0.3, 0.4) is 0 Å². The lowest BCUT2D eigenvalue weighted by Crippen LogP contribution is -2.51. The van der Waals surface area contributed by atoms with Crippen LogP contribution in [0.2, 0.25) is 0 Å². The lowest BCUT2D eigenvalue weighted by Gasteiger charge is -2.28.